The predicted octanol–water partition coefficient (Wildman–Crippen LogP) is 4.20. The molecule has 1 amide bonds. The highest BCUT2D eigenvalue weighted by atomic mass is 28.4. The summed E-state index contributed by atoms with van der Waals surface area (Å²) in [4.78, 5) is 23.9. The molecule has 0 heterocycles. The van der Waals surface area contributed by atoms with Crippen molar-refractivity contribution in [2.24, 2.45) is 0 Å². The summed E-state index contributed by atoms with van der Waals surface area (Å²) in [6.07, 6.45) is -0.852. The average Bonchev–Trinajstić information content (AvgIpc) is 2.48. The maximum atomic E-state index is 12.1. The number of carbonyl (C=O) groups excluding carboxylic acids is 2. The molecule has 0 saturated carbocycles. The molecule has 0 aliphatic carbocycles. The van der Waals surface area contributed by atoms with Gasteiger partial charge >= 0.3 is 0 Å². The number of amides is 1. The number of hydrogen-bond acceptors (Lipinski definition) is 6. The fraction of sp³-hybridized carbons (Fsp3) is 0.900. The lowest BCUT2D eigenvalue weighted by atomic mass is 10.0. The van der Waals surface area contributed by atoms with E-state index in [1.807, 2.05) is 0 Å². The zero-order valence-corrected chi connectivity index (χ0v) is 26.0. The molecule has 0 aliphatic rings. The van der Waals surface area contributed by atoms with Gasteiger partial charge in [-0.3, -0.25) is 4.79 Å². The van der Waals surface area contributed by atoms with Gasteiger partial charge in [-0.15, -0.1) is 0 Å². The number of aldehydes is 1. The number of nitrogens with one attached hydrogen (secondary N) is 1. The Morgan fingerprint density at radius 2 is 1.16 bits per heavy atom. The largest absolute Gasteiger partial charge is 0.415 e. The summed E-state index contributed by atoms with van der Waals surface area (Å²) in [7, 11) is -7.98. The van der Waals surface area contributed by atoms with Crippen LogP contribution in [0.1, 0.15) is 6.92 Å². The zero-order valence-electron chi connectivity index (χ0n) is 22.0. The van der Waals surface area contributed by atoms with Crippen LogP contribution in [-0.4, -0.2) is 76.4 Å². The Labute approximate surface area is 194 Å². The van der Waals surface area contributed by atoms with E-state index in [1.165, 1.54) is 6.92 Å². The van der Waals surface area contributed by atoms with Crippen LogP contribution in [-0.2, 0) is 27.3 Å². The second kappa shape index (κ2) is 11.8. The molecule has 184 valence electrons. The second-order valence-corrected chi connectivity index (χ2v) is 29.8. The highest BCUT2D eigenvalue weighted by Gasteiger charge is 2.43. The Balaban J connectivity index is 6.43. The van der Waals surface area contributed by atoms with Gasteiger partial charge in [0.15, 0.2) is 33.3 Å². The standard InChI is InChI=1S/C20H47NO6Si4/c1-16(23)21-17(14-22)19(26-30(8,9)10)20(27-31(11,12)13)18(25-29(5,6)7)15-24-28(2,3)4/h14,17-20H,15H2,1-13H3,(H,21,23). The van der Waals surface area contributed by atoms with Crippen molar-refractivity contribution >= 4 is 45.5 Å². The van der Waals surface area contributed by atoms with Crippen molar-refractivity contribution in [3.05, 3.63) is 0 Å². The van der Waals surface area contributed by atoms with Crippen LogP contribution in [0.25, 0.3) is 0 Å². The lowest BCUT2D eigenvalue weighted by Crippen LogP contribution is -2.61. The smallest absolute Gasteiger partial charge is 0.217 e. The Hall–Kier alpha value is -0.152. The highest BCUT2D eigenvalue weighted by Crippen LogP contribution is 2.26. The molecule has 0 aromatic carbocycles. The van der Waals surface area contributed by atoms with Gasteiger partial charge in [-0.25, -0.2) is 0 Å². The third-order valence-electron chi connectivity index (χ3n) is 3.73. The summed E-state index contributed by atoms with van der Waals surface area (Å²) in [5, 5.41) is 2.76. The van der Waals surface area contributed by atoms with Gasteiger partial charge in [-0.05, 0) is 78.6 Å². The van der Waals surface area contributed by atoms with E-state index < -0.39 is 57.6 Å². The van der Waals surface area contributed by atoms with Crippen LogP contribution in [0.2, 0.25) is 78.6 Å². The van der Waals surface area contributed by atoms with Crippen molar-refractivity contribution in [1.82, 2.24) is 5.32 Å². The average molecular weight is 510 g/mol. The third kappa shape index (κ3) is 15.3. The van der Waals surface area contributed by atoms with E-state index in [0.717, 1.165) is 6.29 Å². The molecule has 4 unspecified atom stereocenters. The van der Waals surface area contributed by atoms with Gasteiger partial charge in [0.05, 0.1) is 24.9 Å². The van der Waals surface area contributed by atoms with Gasteiger partial charge in [0.2, 0.25) is 5.91 Å². The van der Waals surface area contributed by atoms with Crippen LogP contribution >= 0.6 is 0 Å². The number of rotatable bonds is 14. The molecular weight excluding hydrogens is 463 g/mol. The summed E-state index contributed by atoms with van der Waals surface area (Å²) >= 11 is 0. The van der Waals surface area contributed by atoms with E-state index in [9.17, 15) is 9.59 Å². The van der Waals surface area contributed by atoms with Gasteiger partial charge < -0.3 is 27.8 Å². The van der Waals surface area contributed by atoms with E-state index in [4.69, 9.17) is 17.7 Å². The first-order valence-electron chi connectivity index (χ1n) is 11.0. The Kier molecular flexibility index (Phi) is 11.8. The normalized spacial score (nSPS) is 17.6. The van der Waals surface area contributed by atoms with Gasteiger partial charge in [-0.1, -0.05) is 0 Å². The van der Waals surface area contributed by atoms with E-state index in [1.54, 1.807) is 0 Å². The summed E-state index contributed by atoms with van der Waals surface area (Å²) in [5.74, 6) is -0.283. The molecule has 1 N–H and O–H groups in total. The van der Waals surface area contributed by atoms with Crippen molar-refractivity contribution < 1.29 is 27.3 Å². The van der Waals surface area contributed by atoms with Crippen LogP contribution in [0.5, 0.6) is 0 Å². The van der Waals surface area contributed by atoms with Gasteiger partial charge in [0, 0.05) is 6.92 Å². The Morgan fingerprint density at radius 3 is 1.48 bits per heavy atom. The maximum absolute atomic E-state index is 12.1. The van der Waals surface area contributed by atoms with Gasteiger partial charge in [0.25, 0.3) is 0 Å². The quantitative estimate of drug-likeness (QED) is 0.279. The second-order valence-electron chi connectivity index (χ2n) is 11.9. The summed E-state index contributed by atoms with van der Waals surface area (Å²) in [6.45, 7) is 27.0. The molecule has 7 nitrogen and oxygen atoms in total. The molecule has 31 heavy (non-hydrogen) atoms. The molecule has 0 aromatic heterocycles. The van der Waals surface area contributed by atoms with Crippen LogP contribution in [0.3, 0.4) is 0 Å². The van der Waals surface area contributed by atoms with Crippen molar-refractivity contribution in [1.29, 1.82) is 0 Å². The molecular formula is C20H47NO6Si4. The fourth-order valence-electron chi connectivity index (χ4n) is 2.93. The monoisotopic (exact) mass is 509 g/mol. The van der Waals surface area contributed by atoms with Gasteiger partial charge in [0.1, 0.15) is 12.3 Å². The highest BCUT2D eigenvalue weighted by molar-refractivity contribution is 6.71. The van der Waals surface area contributed by atoms with Gasteiger partial charge in [-0.2, -0.15) is 0 Å². The topological polar surface area (TPSA) is 83.1 Å². The maximum Gasteiger partial charge on any atom is 0.217 e. The van der Waals surface area contributed by atoms with Crippen LogP contribution in [0.15, 0.2) is 0 Å². The first-order chi connectivity index (χ1) is 13.6. The number of carbonyl (C=O) groups is 2. The molecule has 0 spiro atoms. The first kappa shape index (κ1) is 30.8. The molecule has 0 radical (unpaired) electrons. The van der Waals surface area contributed by atoms with Crippen LogP contribution in [0.4, 0.5) is 0 Å². The van der Waals surface area contributed by atoms with Crippen LogP contribution < -0.4 is 5.32 Å². The Morgan fingerprint density at radius 1 is 0.742 bits per heavy atom. The summed E-state index contributed by atoms with van der Waals surface area (Å²) < 4.78 is 26.0. The molecule has 0 fully saturated rings. The minimum Gasteiger partial charge on any atom is -0.415 e. The van der Waals surface area contributed by atoms with E-state index in [0.29, 0.717) is 6.61 Å². The molecule has 0 aliphatic heterocycles. The lowest BCUT2D eigenvalue weighted by Gasteiger charge is -2.43. The van der Waals surface area contributed by atoms with Crippen molar-refractivity contribution in [3.8, 4) is 0 Å². The SMILES string of the molecule is CC(=O)NC(C=O)C(O[Si](C)(C)C)C(O[Si](C)(C)C)C(CO[Si](C)(C)C)O[Si](C)(C)C. The summed E-state index contributed by atoms with van der Waals surface area (Å²) in [5.41, 5.74) is 0. The molecule has 0 rings (SSSR count). The zero-order chi connectivity index (χ0) is 24.8. The van der Waals surface area contributed by atoms with E-state index >= 15 is 0 Å². The van der Waals surface area contributed by atoms with E-state index in [2.05, 4.69) is 83.9 Å². The van der Waals surface area contributed by atoms with Crippen molar-refractivity contribution in [2.45, 2.75) is 110 Å². The van der Waals surface area contributed by atoms with Crippen molar-refractivity contribution in [3.63, 3.8) is 0 Å². The minimum absolute atomic E-state index is 0.283. The first-order valence-corrected chi connectivity index (χ1v) is 24.7. The summed E-state index contributed by atoms with van der Waals surface area (Å²) in [6, 6.07) is -0.829. The van der Waals surface area contributed by atoms with Crippen molar-refractivity contribution in [2.75, 3.05) is 6.61 Å². The lowest BCUT2D eigenvalue weighted by molar-refractivity contribution is -0.127. The Bertz CT molecular complexity index is 578. The molecule has 0 saturated heterocycles. The third-order valence-corrected chi connectivity index (χ3v) is 7.73. The minimum atomic E-state index is -2.10. The molecule has 11 heteroatoms. The van der Waals surface area contributed by atoms with E-state index in [-0.39, 0.29) is 5.91 Å². The number of hydrogen-bond donors (Lipinski definition) is 1. The van der Waals surface area contributed by atoms with Crippen LogP contribution in [0, 0.1) is 0 Å². The molecule has 0 bridgehead atoms. The fourth-order valence-corrected chi connectivity index (χ4v) is 6.90. The molecule has 0 aromatic rings. The predicted molar refractivity (Wildman–Crippen MR) is 138 cm³/mol. The molecule has 4 atom stereocenters.